The highest BCUT2D eigenvalue weighted by Gasteiger charge is 2.31. The van der Waals surface area contributed by atoms with Crippen molar-refractivity contribution in [3.63, 3.8) is 0 Å². The standard InChI is InChI=1S/C20H15F3N2O4S/c21-20(22,23)29-17-11-9-14(10-12-17)19(26)24-15-5-4-6-16(13-15)25-30(27,28)18-7-2-1-3-8-18/h1-13,25H,(H,24,26). The zero-order valence-corrected chi connectivity index (χ0v) is 16.0. The van der Waals surface area contributed by atoms with Crippen molar-refractivity contribution in [3.05, 3.63) is 84.4 Å². The lowest BCUT2D eigenvalue weighted by atomic mass is 10.2. The molecule has 0 bridgehead atoms. The van der Waals surface area contributed by atoms with Gasteiger partial charge in [-0.3, -0.25) is 9.52 Å². The minimum absolute atomic E-state index is 0.0839. The van der Waals surface area contributed by atoms with E-state index in [1.54, 1.807) is 30.3 Å². The third kappa shape index (κ3) is 5.74. The van der Waals surface area contributed by atoms with Gasteiger partial charge in [0.2, 0.25) is 0 Å². The maximum absolute atomic E-state index is 12.4. The number of alkyl halides is 3. The molecule has 0 aliphatic carbocycles. The third-order valence-electron chi connectivity index (χ3n) is 3.78. The summed E-state index contributed by atoms with van der Waals surface area (Å²) in [4.78, 5) is 12.4. The summed E-state index contributed by atoms with van der Waals surface area (Å²) in [7, 11) is -3.80. The molecular weight excluding hydrogens is 421 g/mol. The monoisotopic (exact) mass is 436 g/mol. The number of benzene rings is 3. The number of rotatable bonds is 6. The molecule has 0 spiro atoms. The maximum atomic E-state index is 12.4. The average Bonchev–Trinajstić information content (AvgIpc) is 2.68. The Labute approximate surface area is 170 Å². The second kappa shape index (κ2) is 8.46. The van der Waals surface area contributed by atoms with Gasteiger partial charge < -0.3 is 10.1 Å². The molecule has 0 saturated carbocycles. The second-order valence-corrected chi connectivity index (χ2v) is 7.71. The minimum atomic E-state index is -4.82. The van der Waals surface area contributed by atoms with Crippen LogP contribution in [-0.4, -0.2) is 20.7 Å². The summed E-state index contributed by atoms with van der Waals surface area (Å²) < 4.78 is 67.6. The van der Waals surface area contributed by atoms with Crippen molar-refractivity contribution in [1.29, 1.82) is 0 Å². The summed E-state index contributed by atoms with van der Waals surface area (Å²) in [6.45, 7) is 0. The summed E-state index contributed by atoms with van der Waals surface area (Å²) in [6.07, 6.45) is -4.82. The van der Waals surface area contributed by atoms with Gasteiger partial charge in [-0.15, -0.1) is 13.2 Å². The molecule has 0 aromatic heterocycles. The van der Waals surface area contributed by atoms with Crippen molar-refractivity contribution in [3.8, 4) is 5.75 Å². The van der Waals surface area contributed by atoms with Crippen LogP contribution in [0.5, 0.6) is 5.75 Å². The number of carbonyl (C=O) groups is 1. The van der Waals surface area contributed by atoms with E-state index in [1.807, 2.05) is 0 Å². The zero-order chi connectivity index (χ0) is 21.8. The van der Waals surface area contributed by atoms with E-state index in [4.69, 9.17) is 0 Å². The lowest BCUT2D eigenvalue weighted by molar-refractivity contribution is -0.274. The van der Waals surface area contributed by atoms with Crippen LogP contribution in [0.15, 0.2) is 83.8 Å². The van der Waals surface area contributed by atoms with Crippen molar-refractivity contribution < 1.29 is 31.1 Å². The Kier molecular flexibility index (Phi) is 5.97. The highest BCUT2D eigenvalue weighted by Crippen LogP contribution is 2.24. The van der Waals surface area contributed by atoms with Crippen LogP contribution in [0.2, 0.25) is 0 Å². The molecule has 3 aromatic rings. The first kappa shape index (κ1) is 21.2. The van der Waals surface area contributed by atoms with Gasteiger partial charge in [0, 0.05) is 11.3 Å². The van der Waals surface area contributed by atoms with Crippen LogP contribution in [0.1, 0.15) is 10.4 Å². The predicted octanol–water partition coefficient (Wildman–Crippen LogP) is 4.64. The number of ether oxygens (including phenoxy) is 1. The molecule has 0 saturated heterocycles. The quantitative estimate of drug-likeness (QED) is 0.590. The van der Waals surface area contributed by atoms with E-state index in [9.17, 15) is 26.4 Å². The molecule has 0 unspecified atom stereocenters. The molecule has 1 amide bonds. The van der Waals surface area contributed by atoms with Crippen LogP contribution >= 0.6 is 0 Å². The summed E-state index contributed by atoms with van der Waals surface area (Å²) in [5.74, 6) is -1.03. The highest BCUT2D eigenvalue weighted by molar-refractivity contribution is 7.92. The smallest absolute Gasteiger partial charge is 0.406 e. The van der Waals surface area contributed by atoms with Crippen molar-refractivity contribution in [1.82, 2.24) is 0 Å². The molecule has 0 aliphatic rings. The zero-order valence-electron chi connectivity index (χ0n) is 15.2. The second-order valence-electron chi connectivity index (χ2n) is 6.03. The molecule has 0 aliphatic heterocycles. The molecule has 0 heterocycles. The fourth-order valence-electron chi connectivity index (χ4n) is 2.49. The number of halogens is 3. The molecular formula is C20H15F3N2O4S. The molecule has 156 valence electrons. The van der Waals surface area contributed by atoms with Gasteiger partial charge in [0.15, 0.2) is 0 Å². The Morgan fingerprint density at radius 2 is 1.47 bits per heavy atom. The molecule has 0 fully saturated rings. The lowest BCUT2D eigenvalue weighted by Gasteiger charge is -2.11. The Morgan fingerprint density at radius 3 is 2.10 bits per heavy atom. The molecule has 0 atom stereocenters. The van der Waals surface area contributed by atoms with Crippen LogP contribution in [0, 0.1) is 0 Å². The highest BCUT2D eigenvalue weighted by atomic mass is 32.2. The first-order valence-electron chi connectivity index (χ1n) is 8.47. The number of carbonyl (C=O) groups excluding carboxylic acids is 1. The van der Waals surface area contributed by atoms with Crippen molar-refractivity contribution in [2.75, 3.05) is 10.0 Å². The normalized spacial score (nSPS) is 11.6. The fraction of sp³-hybridized carbons (Fsp3) is 0.0500. The fourth-order valence-corrected chi connectivity index (χ4v) is 3.56. The number of hydrogen-bond acceptors (Lipinski definition) is 4. The van der Waals surface area contributed by atoms with Gasteiger partial charge >= 0.3 is 6.36 Å². The number of anilines is 2. The summed E-state index contributed by atoms with van der Waals surface area (Å²) in [5.41, 5.74) is 0.620. The van der Waals surface area contributed by atoms with Gasteiger partial charge in [0.05, 0.1) is 10.6 Å². The Bertz CT molecular complexity index is 1130. The lowest BCUT2D eigenvalue weighted by Crippen LogP contribution is -2.17. The topological polar surface area (TPSA) is 84.5 Å². The maximum Gasteiger partial charge on any atom is 0.573 e. The molecule has 2 N–H and O–H groups in total. The number of sulfonamides is 1. The van der Waals surface area contributed by atoms with Gasteiger partial charge in [-0.2, -0.15) is 0 Å². The van der Waals surface area contributed by atoms with Crippen LogP contribution in [0.3, 0.4) is 0 Å². The molecule has 10 heteroatoms. The van der Waals surface area contributed by atoms with E-state index < -0.39 is 28.0 Å². The van der Waals surface area contributed by atoms with Crippen LogP contribution in [0.25, 0.3) is 0 Å². The van der Waals surface area contributed by atoms with E-state index in [0.29, 0.717) is 5.69 Å². The van der Waals surface area contributed by atoms with E-state index in [1.165, 1.54) is 36.4 Å². The Morgan fingerprint density at radius 1 is 0.833 bits per heavy atom. The predicted molar refractivity (Wildman–Crippen MR) is 105 cm³/mol. The number of hydrogen-bond donors (Lipinski definition) is 2. The molecule has 30 heavy (non-hydrogen) atoms. The van der Waals surface area contributed by atoms with Crippen LogP contribution in [-0.2, 0) is 10.0 Å². The van der Waals surface area contributed by atoms with E-state index in [-0.39, 0.29) is 16.1 Å². The van der Waals surface area contributed by atoms with Gasteiger partial charge in [-0.25, -0.2) is 8.42 Å². The minimum Gasteiger partial charge on any atom is -0.406 e. The summed E-state index contributed by atoms with van der Waals surface area (Å²) >= 11 is 0. The molecule has 0 radical (unpaired) electrons. The van der Waals surface area contributed by atoms with Gasteiger partial charge in [-0.05, 0) is 54.6 Å². The van der Waals surface area contributed by atoms with Gasteiger partial charge in [-0.1, -0.05) is 24.3 Å². The first-order valence-corrected chi connectivity index (χ1v) is 9.96. The van der Waals surface area contributed by atoms with E-state index in [0.717, 1.165) is 12.1 Å². The van der Waals surface area contributed by atoms with Crippen molar-refractivity contribution in [2.45, 2.75) is 11.3 Å². The van der Waals surface area contributed by atoms with E-state index in [2.05, 4.69) is 14.8 Å². The van der Waals surface area contributed by atoms with Crippen LogP contribution < -0.4 is 14.8 Å². The Hall–Kier alpha value is -3.53. The molecule has 6 nitrogen and oxygen atoms in total. The molecule has 3 rings (SSSR count). The van der Waals surface area contributed by atoms with Gasteiger partial charge in [0.1, 0.15) is 5.75 Å². The van der Waals surface area contributed by atoms with Crippen molar-refractivity contribution in [2.24, 2.45) is 0 Å². The van der Waals surface area contributed by atoms with Gasteiger partial charge in [0.25, 0.3) is 15.9 Å². The SMILES string of the molecule is O=C(Nc1cccc(NS(=O)(=O)c2ccccc2)c1)c1ccc(OC(F)(F)F)cc1. The third-order valence-corrected chi connectivity index (χ3v) is 5.17. The van der Waals surface area contributed by atoms with Crippen molar-refractivity contribution >= 4 is 27.3 Å². The average molecular weight is 436 g/mol. The summed E-state index contributed by atoms with van der Waals surface area (Å²) in [5, 5.41) is 2.56. The largest absolute Gasteiger partial charge is 0.573 e. The molecule has 3 aromatic carbocycles. The summed E-state index contributed by atoms with van der Waals surface area (Å²) in [6, 6.07) is 18.2. The number of amides is 1. The number of nitrogens with one attached hydrogen (secondary N) is 2. The Balaban J connectivity index is 1.70. The first-order chi connectivity index (χ1) is 14.1. The van der Waals surface area contributed by atoms with Crippen LogP contribution in [0.4, 0.5) is 24.5 Å². The van der Waals surface area contributed by atoms with E-state index >= 15 is 0 Å².